The largest absolute Gasteiger partial charge is 0.456 e. The lowest BCUT2D eigenvalue weighted by atomic mass is 9.82. The molecule has 0 aliphatic heterocycles. The number of fused-ring (bicyclic) bond motifs is 10. The molecule has 12 aromatic rings. The van der Waals surface area contributed by atoms with Crippen LogP contribution in [-0.4, -0.2) is 4.57 Å². The predicted octanol–water partition coefficient (Wildman–Crippen LogP) is 16.9. The van der Waals surface area contributed by atoms with Gasteiger partial charge in [-0.2, -0.15) is 0 Å². The topological polar surface area (TPSA) is 21.3 Å². The van der Waals surface area contributed by atoms with E-state index < -0.39 is 0 Å². The molecule has 0 fully saturated rings. The van der Waals surface area contributed by atoms with E-state index in [2.05, 4.69) is 242 Å². The summed E-state index contributed by atoms with van der Waals surface area (Å²) in [6.45, 7) is 4.70. The van der Waals surface area contributed by atoms with Crippen LogP contribution in [0.3, 0.4) is 0 Å². The van der Waals surface area contributed by atoms with Gasteiger partial charge in [0.25, 0.3) is 0 Å². The van der Waals surface area contributed by atoms with Crippen molar-refractivity contribution in [1.82, 2.24) is 4.57 Å². The van der Waals surface area contributed by atoms with Crippen molar-refractivity contribution in [3.05, 3.63) is 230 Å². The van der Waals surface area contributed by atoms with Crippen LogP contribution in [-0.2, 0) is 5.41 Å². The van der Waals surface area contributed by atoms with Crippen molar-refractivity contribution in [2.24, 2.45) is 0 Å². The lowest BCUT2D eigenvalue weighted by Crippen LogP contribution is -2.16. The highest BCUT2D eigenvalue weighted by molar-refractivity contribution is 6.27. The lowest BCUT2D eigenvalue weighted by molar-refractivity contribution is 0.660. The Kier molecular flexibility index (Phi) is 7.95. The van der Waals surface area contributed by atoms with Crippen molar-refractivity contribution in [2.45, 2.75) is 19.3 Å². The van der Waals surface area contributed by atoms with Crippen molar-refractivity contribution in [1.29, 1.82) is 0 Å². The number of hydrogen-bond donors (Lipinski definition) is 0. The maximum Gasteiger partial charge on any atom is 0.138 e. The third-order valence-corrected chi connectivity index (χ3v) is 13.7. The van der Waals surface area contributed by atoms with Crippen LogP contribution in [0.1, 0.15) is 25.0 Å². The van der Waals surface area contributed by atoms with Crippen molar-refractivity contribution >= 4 is 71.6 Å². The molecule has 1 aliphatic carbocycles. The first-order valence-electron chi connectivity index (χ1n) is 22.2. The first-order valence-corrected chi connectivity index (χ1v) is 22.2. The van der Waals surface area contributed by atoms with Gasteiger partial charge in [-0.05, 0) is 123 Å². The zero-order valence-electron chi connectivity index (χ0n) is 35.6. The molecule has 2 heterocycles. The van der Waals surface area contributed by atoms with Gasteiger partial charge in [0.1, 0.15) is 11.2 Å². The number of para-hydroxylation sites is 2. The molecule has 3 heteroatoms. The molecule has 3 nitrogen and oxygen atoms in total. The minimum absolute atomic E-state index is 0.108. The van der Waals surface area contributed by atoms with Crippen molar-refractivity contribution < 1.29 is 4.42 Å². The van der Waals surface area contributed by atoms with Gasteiger partial charge in [-0.3, -0.25) is 0 Å². The van der Waals surface area contributed by atoms with E-state index in [4.69, 9.17) is 4.42 Å². The number of benzene rings is 10. The maximum atomic E-state index is 6.74. The Balaban J connectivity index is 1.03. The minimum Gasteiger partial charge on any atom is -0.456 e. The average molecular weight is 819 g/mol. The summed E-state index contributed by atoms with van der Waals surface area (Å²) in [5.41, 5.74) is 18.4. The summed E-state index contributed by atoms with van der Waals surface area (Å²) in [4.78, 5) is 2.39. The minimum atomic E-state index is -0.108. The number of hydrogen-bond acceptors (Lipinski definition) is 2. The Morgan fingerprint density at radius 1 is 0.406 bits per heavy atom. The summed E-state index contributed by atoms with van der Waals surface area (Å²) in [7, 11) is 0. The van der Waals surface area contributed by atoms with E-state index in [1.807, 2.05) is 0 Å². The third kappa shape index (κ3) is 5.47. The van der Waals surface area contributed by atoms with Crippen LogP contribution >= 0.6 is 0 Å². The van der Waals surface area contributed by atoms with Crippen LogP contribution in [0.5, 0.6) is 0 Å². The van der Waals surface area contributed by atoms with E-state index in [1.54, 1.807) is 0 Å². The second-order valence-corrected chi connectivity index (χ2v) is 17.7. The highest BCUT2D eigenvalue weighted by Crippen LogP contribution is 2.51. The molecule has 0 saturated heterocycles. The molecule has 0 saturated carbocycles. The van der Waals surface area contributed by atoms with Gasteiger partial charge < -0.3 is 13.9 Å². The maximum absolute atomic E-state index is 6.74. The first kappa shape index (κ1) is 36.5. The molecule has 0 bridgehead atoms. The first-order chi connectivity index (χ1) is 31.5. The number of anilines is 3. The predicted molar refractivity (Wildman–Crippen MR) is 269 cm³/mol. The number of aromatic nitrogens is 1. The highest BCUT2D eigenvalue weighted by Gasteiger charge is 2.36. The molecule has 0 N–H and O–H groups in total. The van der Waals surface area contributed by atoms with E-state index in [9.17, 15) is 0 Å². The molecular weight excluding hydrogens is 777 g/mol. The van der Waals surface area contributed by atoms with Gasteiger partial charge in [-0.15, -0.1) is 0 Å². The zero-order chi connectivity index (χ0) is 42.5. The molecule has 302 valence electrons. The molecule has 1 aliphatic rings. The summed E-state index contributed by atoms with van der Waals surface area (Å²) < 4.78 is 9.17. The second-order valence-electron chi connectivity index (χ2n) is 17.7. The fourth-order valence-electron chi connectivity index (χ4n) is 10.7. The Hall–Kier alpha value is -8.14. The van der Waals surface area contributed by atoms with Crippen LogP contribution in [0.2, 0.25) is 0 Å². The van der Waals surface area contributed by atoms with Gasteiger partial charge in [0.05, 0.1) is 11.0 Å². The summed E-state index contributed by atoms with van der Waals surface area (Å²) in [5, 5.41) is 7.14. The SMILES string of the molecule is CC1(C)c2ccccc2-c2ccc(N(c3ccccc3)c3ccc(-n4c5ccc(-c6ccc7ccccc7c6)cc5c5c(-c6ccccc6)c6c(cc54)oc4ccccc46)cc3)cc21. The van der Waals surface area contributed by atoms with Gasteiger partial charge in [-0.1, -0.05) is 153 Å². The molecule has 0 unspecified atom stereocenters. The van der Waals surface area contributed by atoms with E-state index >= 15 is 0 Å². The molecule has 10 aromatic carbocycles. The van der Waals surface area contributed by atoms with Gasteiger partial charge in [0.2, 0.25) is 0 Å². The quantitative estimate of drug-likeness (QED) is 0.167. The zero-order valence-corrected chi connectivity index (χ0v) is 35.6. The lowest BCUT2D eigenvalue weighted by Gasteiger charge is -2.28. The van der Waals surface area contributed by atoms with E-state index in [1.165, 1.54) is 60.5 Å². The summed E-state index contributed by atoms with van der Waals surface area (Å²) in [6.07, 6.45) is 0. The molecule has 64 heavy (non-hydrogen) atoms. The van der Waals surface area contributed by atoms with Gasteiger partial charge in [-0.25, -0.2) is 0 Å². The van der Waals surface area contributed by atoms with Crippen LogP contribution in [0, 0.1) is 0 Å². The average Bonchev–Trinajstić information content (AvgIpc) is 3.96. The monoisotopic (exact) mass is 818 g/mol. The molecule has 0 atom stereocenters. The molecular formula is C61H42N2O. The normalized spacial score (nSPS) is 13.0. The molecule has 0 radical (unpaired) electrons. The highest BCUT2D eigenvalue weighted by atomic mass is 16.3. The summed E-state index contributed by atoms with van der Waals surface area (Å²) in [6, 6.07) is 79.6. The molecule has 0 spiro atoms. The van der Waals surface area contributed by atoms with Crippen molar-refractivity contribution in [3.8, 4) is 39.1 Å². The summed E-state index contributed by atoms with van der Waals surface area (Å²) >= 11 is 0. The smallest absolute Gasteiger partial charge is 0.138 e. The fraction of sp³-hybridized carbons (Fsp3) is 0.0492. The van der Waals surface area contributed by atoms with Crippen LogP contribution in [0.4, 0.5) is 17.1 Å². The van der Waals surface area contributed by atoms with Gasteiger partial charge in [0.15, 0.2) is 0 Å². The molecule has 0 amide bonds. The summed E-state index contributed by atoms with van der Waals surface area (Å²) in [5.74, 6) is 0. The standard InChI is InChI=1S/C61H42N2O/c1-61(2)52-23-13-11-21-48(52)49-33-32-47(37-53(49)61)62(44-19-7-4-8-20-44)45-28-30-46(31-29-45)63-54-34-27-43(42-26-25-39-15-9-10-18-41(39)35-42)36-51(54)59-55(63)38-57-60(50-22-12-14-24-56(50)64-57)58(59)40-16-5-3-6-17-40/h3-38H,1-2H3. The second kappa shape index (κ2) is 13.9. The number of nitrogens with zero attached hydrogens (tertiary/aromatic N) is 2. The number of furan rings is 1. The Morgan fingerprint density at radius 2 is 1.06 bits per heavy atom. The van der Waals surface area contributed by atoms with Crippen LogP contribution < -0.4 is 4.90 Å². The van der Waals surface area contributed by atoms with Crippen LogP contribution in [0.25, 0.3) is 93.6 Å². The Bertz CT molecular complexity index is 3800. The van der Waals surface area contributed by atoms with E-state index in [-0.39, 0.29) is 5.41 Å². The molecule has 13 rings (SSSR count). The van der Waals surface area contributed by atoms with E-state index in [0.29, 0.717) is 0 Å². The van der Waals surface area contributed by atoms with E-state index in [0.717, 1.165) is 61.3 Å². The fourth-order valence-corrected chi connectivity index (χ4v) is 10.7. The van der Waals surface area contributed by atoms with Crippen molar-refractivity contribution in [2.75, 3.05) is 4.90 Å². The van der Waals surface area contributed by atoms with Crippen molar-refractivity contribution in [3.63, 3.8) is 0 Å². The van der Waals surface area contributed by atoms with Crippen LogP contribution in [0.15, 0.2) is 223 Å². The van der Waals surface area contributed by atoms with Gasteiger partial charge in [0, 0.05) is 61.3 Å². The van der Waals surface area contributed by atoms with Gasteiger partial charge >= 0.3 is 0 Å². The Morgan fingerprint density at radius 3 is 1.91 bits per heavy atom. The molecule has 2 aromatic heterocycles. The number of rotatable bonds is 6. The third-order valence-electron chi connectivity index (χ3n) is 13.7. The Labute approximate surface area is 371 Å².